The average molecular weight is 1450 g/mol. The van der Waals surface area contributed by atoms with E-state index in [-0.39, 0.29) is 25.7 Å². The third-order valence-corrected chi connectivity index (χ3v) is 21.3. The number of phosphoric acid groups is 2. The lowest BCUT2D eigenvalue weighted by atomic mass is 10.00. The Bertz CT molecular complexity index is 1930. The maximum atomic E-state index is 13.1. The van der Waals surface area contributed by atoms with E-state index < -0.39 is 97.5 Å². The minimum atomic E-state index is -4.96. The van der Waals surface area contributed by atoms with Gasteiger partial charge in [-0.1, -0.05) is 363 Å². The van der Waals surface area contributed by atoms with Gasteiger partial charge < -0.3 is 33.8 Å². The highest BCUT2D eigenvalue weighted by molar-refractivity contribution is 7.47. The van der Waals surface area contributed by atoms with Gasteiger partial charge in [-0.3, -0.25) is 37.3 Å². The van der Waals surface area contributed by atoms with Crippen LogP contribution in [0.2, 0.25) is 0 Å². The van der Waals surface area contributed by atoms with E-state index in [0.29, 0.717) is 25.7 Å². The molecule has 0 fully saturated rings. The monoisotopic (exact) mass is 1450 g/mol. The molecule has 0 aliphatic carbocycles. The third kappa shape index (κ3) is 71.5. The number of phosphoric ester groups is 2. The second-order valence-electron chi connectivity index (χ2n) is 29.8. The molecule has 0 aromatic carbocycles. The maximum Gasteiger partial charge on any atom is 0.472 e. The molecule has 0 radical (unpaired) electrons. The number of carbonyl (C=O) groups is 4. The summed E-state index contributed by atoms with van der Waals surface area (Å²) in [7, 11) is -9.92. The van der Waals surface area contributed by atoms with Gasteiger partial charge in [0.25, 0.3) is 0 Å². The summed E-state index contributed by atoms with van der Waals surface area (Å²) in [5, 5.41) is 10.6. The Morgan fingerprint density at radius 2 is 0.515 bits per heavy atom. The lowest BCUT2D eigenvalue weighted by Crippen LogP contribution is -2.30. The first-order valence-electron chi connectivity index (χ1n) is 41.4. The Kier molecular flexibility index (Phi) is 69.0. The molecule has 99 heavy (non-hydrogen) atoms. The molecular formula is C80H156O17P2. The number of rotatable bonds is 78. The smallest absolute Gasteiger partial charge is 0.462 e. The second-order valence-corrected chi connectivity index (χ2v) is 32.7. The zero-order valence-electron chi connectivity index (χ0n) is 65.0. The van der Waals surface area contributed by atoms with E-state index in [1.165, 1.54) is 218 Å². The SMILES string of the molecule is CCCCCCCCCCCCCCCCCCCCCCCCC(=O)O[C@H](COC(=O)CCCCCCCCCCCCCCCCC(C)C)COP(=O)(O)OC[C@@H](O)COP(=O)(O)OC[C@@H](COC(=O)CCCCCCCCC(C)CC)OC(=O)CCCCCCCCC(C)CC. The summed E-state index contributed by atoms with van der Waals surface area (Å²) in [5.41, 5.74) is 0. The lowest BCUT2D eigenvalue weighted by molar-refractivity contribution is -0.161. The number of aliphatic hydroxyl groups is 1. The molecule has 19 heteroatoms. The first-order valence-corrected chi connectivity index (χ1v) is 44.4. The Hall–Kier alpha value is -1.94. The normalized spacial score (nSPS) is 14.5. The summed E-state index contributed by atoms with van der Waals surface area (Å²) in [5.74, 6) is 0.131. The van der Waals surface area contributed by atoms with Crippen molar-refractivity contribution in [2.45, 2.75) is 433 Å². The minimum absolute atomic E-state index is 0.102. The van der Waals surface area contributed by atoms with Gasteiger partial charge in [0, 0.05) is 25.7 Å². The van der Waals surface area contributed by atoms with Gasteiger partial charge in [-0.15, -0.1) is 0 Å². The summed E-state index contributed by atoms with van der Waals surface area (Å²) in [4.78, 5) is 72.9. The fourth-order valence-electron chi connectivity index (χ4n) is 12.2. The van der Waals surface area contributed by atoms with Crippen LogP contribution >= 0.6 is 15.6 Å². The van der Waals surface area contributed by atoms with Crippen LogP contribution in [-0.2, 0) is 65.4 Å². The summed E-state index contributed by atoms with van der Waals surface area (Å²) >= 11 is 0. The van der Waals surface area contributed by atoms with Crippen LogP contribution in [0.4, 0.5) is 0 Å². The van der Waals surface area contributed by atoms with Gasteiger partial charge in [-0.25, -0.2) is 9.13 Å². The Balaban J connectivity index is 5.19. The fourth-order valence-corrected chi connectivity index (χ4v) is 13.8. The van der Waals surface area contributed by atoms with Crippen LogP contribution in [0.15, 0.2) is 0 Å². The zero-order valence-corrected chi connectivity index (χ0v) is 66.8. The predicted molar refractivity (Wildman–Crippen MR) is 405 cm³/mol. The molecule has 0 bridgehead atoms. The Labute approximate surface area is 607 Å². The van der Waals surface area contributed by atoms with Crippen molar-refractivity contribution >= 4 is 39.5 Å². The molecule has 0 rings (SSSR count). The van der Waals surface area contributed by atoms with E-state index in [2.05, 4.69) is 48.5 Å². The quantitative estimate of drug-likeness (QED) is 0.0222. The molecule has 17 nitrogen and oxygen atoms in total. The van der Waals surface area contributed by atoms with Gasteiger partial charge in [-0.2, -0.15) is 0 Å². The van der Waals surface area contributed by atoms with Crippen LogP contribution in [0.1, 0.15) is 414 Å². The Morgan fingerprint density at radius 3 is 0.768 bits per heavy atom. The van der Waals surface area contributed by atoms with Crippen LogP contribution < -0.4 is 0 Å². The molecule has 0 aromatic heterocycles. The van der Waals surface area contributed by atoms with Gasteiger partial charge in [0.2, 0.25) is 0 Å². The van der Waals surface area contributed by atoms with E-state index >= 15 is 0 Å². The molecule has 0 saturated carbocycles. The van der Waals surface area contributed by atoms with E-state index in [0.717, 1.165) is 114 Å². The number of hydrogen-bond acceptors (Lipinski definition) is 15. The van der Waals surface area contributed by atoms with Crippen LogP contribution in [-0.4, -0.2) is 96.7 Å². The van der Waals surface area contributed by atoms with Crippen molar-refractivity contribution in [2.24, 2.45) is 17.8 Å². The second kappa shape index (κ2) is 70.4. The number of carbonyl (C=O) groups excluding carboxylic acids is 4. The molecule has 4 unspecified atom stereocenters. The lowest BCUT2D eigenvalue weighted by Gasteiger charge is -2.21. The molecule has 7 atom stereocenters. The maximum absolute atomic E-state index is 13.1. The van der Waals surface area contributed by atoms with Crippen LogP contribution in [0, 0.1) is 17.8 Å². The first-order chi connectivity index (χ1) is 47.8. The molecule has 3 N–H and O–H groups in total. The van der Waals surface area contributed by atoms with Crippen LogP contribution in [0.25, 0.3) is 0 Å². The van der Waals surface area contributed by atoms with E-state index in [9.17, 15) is 43.2 Å². The summed E-state index contributed by atoms with van der Waals surface area (Å²) in [6.07, 6.45) is 58.6. The fraction of sp³-hybridized carbons (Fsp3) is 0.950. The van der Waals surface area contributed by atoms with Crippen molar-refractivity contribution in [1.29, 1.82) is 0 Å². The molecular weight excluding hydrogens is 1290 g/mol. The Morgan fingerprint density at radius 1 is 0.293 bits per heavy atom. The molecule has 0 saturated heterocycles. The zero-order chi connectivity index (χ0) is 73.0. The molecule has 0 spiro atoms. The molecule has 0 aromatic rings. The van der Waals surface area contributed by atoms with Crippen molar-refractivity contribution in [3.63, 3.8) is 0 Å². The highest BCUT2D eigenvalue weighted by Gasteiger charge is 2.30. The van der Waals surface area contributed by atoms with Crippen molar-refractivity contribution < 1.29 is 80.2 Å². The molecule has 0 amide bonds. The molecule has 0 aliphatic rings. The standard InChI is InChI=1S/C80H156O17P2/c1-8-11-12-13-14-15-16-17-18-19-20-21-22-23-24-25-30-33-36-39-49-56-63-79(84)96-75(67-90-77(82)61-54-47-38-35-32-29-27-26-28-31-34-37-44-51-58-71(4)5)69-94-98(86,87)92-65-74(81)66-93-99(88,89)95-70-76(97-80(85)64-57-50-43-41-46-53-60-73(7)10-3)68-91-78(83)62-55-48-42-40-45-52-59-72(6)9-2/h71-76,81H,8-70H2,1-7H3,(H,86,87)(H,88,89)/t72?,73?,74-,75-,76-/m1/s1. The van der Waals surface area contributed by atoms with E-state index in [4.69, 9.17) is 37.0 Å². The van der Waals surface area contributed by atoms with Crippen molar-refractivity contribution in [1.82, 2.24) is 0 Å². The number of ether oxygens (including phenoxy) is 4. The average Bonchev–Trinajstić information content (AvgIpc) is 1.05. The number of aliphatic hydroxyl groups excluding tert-OH is 1. The van der Waals surface area contributed by atoms with E-state index in [1.807, 2.05) is 0 Å². The topological polar surface area (TPSA) is 237 Å². The largest absolute Gasteiger partial charge is 0.472 e. The third-order valence-electron chi connectivity index (χ3n) is 19.4. The molecule has 0 heterocycles. The van der Waals surface area contributed by atoms with Gasteiger partial charge in [0.1, 0.15) is 19.3 Å². The van der Waals surface area contributed by atoms with Gasteiger partial charge in [-0.05, 0) is 43.4 Å². The van der Waals surface area contributed by atoms with Gasteiger partial charge >= 0.3 is 39.5 Å². The van der Waals surface area contributed by atoms with Crippen molar-refractivity contribution in [3.05, 3.63) is 0 Å². The summed E-state index contributed by atoms with van der Waals surface area (Å²) < 4.78 is 68.6. The number of unbranched alkanes of at least 4 members (excludes halogenated alkanes) is 44. The summed E-state index contributed by atoms with van der Waals surface area (Å²) in [6, 6.07) is 0. The number of esters is 4. The first kappa shape index (κ1) is 97.1. The van der Waals surface area contributed by atoms with Crippen LogP contribution in [0.5, 0.6) is 0 Å². The van der Waals surface area contributed by atoms with Crippen molar-refractivity contribution in [2.75, 3.05) is 39.6 Å². The van der Waals surface area contributed by atoms with Crippen molar-refractivity contribution in [3.8, 4) is 0 Å². The highest BCUT2D eigenvalue weighted by atomic mass is 31.2. The van der Waals surface area contributed by atoms with Gasteiger partial charge in [0.15, 0.2) is 12.2 Å². The van der Waals surface area contributed by atoms with Gasteiger partial charge in [0.05, 0.1) is 26.4 Å². The highest BCUT2D eigenvalue weighted by Crippen LogP contribution is 2.45. The van der Waals surface area contributed by atoms with E-state index in [1.54, 1.807) is 0 Å². The molecule has 588 valence electrons. The number of hydrogen-bond donors (Lipinski definition) is 3. The molecule has 0 aliphatic heterocycles. The summed E-state index contributed by atoms with van der Waals surface area (Å²) in [6.45, 7) is 11.9. The van der Waals surface area contributed by atoms with Crippen LogP contribution in [0.3, 0.4) is 0 Å². The predicted octanol–water partition coefficient (Wildman–Crippen LogP) is 23.7. The minimum Gasteiger partial charge on any atom is -0.462 e.